The van der Waals surface area contributed by atoms with Crippen LogP contribution in [0.4, 0.5) is 11.4 Å². The lowest BCUT2D eigenvalue weighted by Gasteiger charge is -2.21. The molecule has 0 aliphatic carbocycles. The Labute approximate surface area is 215 Å². The first kappa shape index (κ1) is 24.2. The van der Waals surface area contributed by atoms with E-state index in [9.17, 15) is 9.90 Å². The Morgan fingerprint density at radius 2 is 1.83 bits per heavy atom. The highest BCUT2D eigenvalue weighted by atomic mass is 35.5. The number of aromatic nitrogens is 3. The quantitative estimate of drug-likeness (QED) is 0.343. The van der Waals surface area contributed by atoms with E-state index in [1.54, 1.807) is 32.4 Å². The molecule has 1 aliphatic heterocycles. The van der Waals surface area contributed by atoms with Crippen LogP contribution in [-0.4, -0.2) is 32.5 Å². The smallest absolute Gasteiger partial charge is 0.227 e. The molecule has 7 nitrogen and oxygen atoms in total. The monoisotopic (exact) mass is 501 g/mol. The van der Waals surface area contributed by atoms with Crippen molar-refractivity contribution in [3.63, 3.8) is 0 Å². The summed E-state index contributed by atoms with van der Waals surface area (Å²) < 4.78 is 0. The average Bonchev–Trinajstić information content (AvgIpc) is 3.31. The van der Waals surface area contributed by atoms with Crippen molar-refractivity contribution in [1.29, 1.82) is 0 Å². The lowest BCUT2D eigenvalue weighted by molar-refractivity contribution is -0.117. The van der Waals surface area contributed by atoms with Gasteiger partial charge in [-0.25, -0.2) is 9.97 Å². The Hall–Kier alpha value is -3.55. The summed E-state index contributed by atoms with van der Waals surface area (Å²) >= 11 is 6.63. The number of nitrogens with zero attached hydrogens (tertiary/aromatic N) is 4. The van der Waals surface area contributed by atoms with Crippen molar-refractivity contribution in [2.45, 2.75) is 45.3 Å². The predicted octanol–water partition coefficient (Wildman–Crippen LogP) is 5.87. The third-order valence-electron chi connectivity index (χ3n) is 6.47. The van der Waals surface area contributed by atoms with E-state index in [1.165, 1.54) is 0 Å². The summed E-state index contributed by atoms with van der Waals surface area (Å²) in [6.45, 7) is 6.14. The second kappa shape index (κ2) is 9.48. The molecule has 3 heterocycles. The van der Waals surface area contributed by atoms with Crippen LogP contribution in [0, 0.1) is 0 Å². The largest absolute Gasteiger partial charge is 0.382 e. The van der Waals surface area contributed by atoms with Crippen LogP contribution >= 0.6 is 11.6 Å². The minimum atomic E-state index is -1.11. The standard InChI is InChI=1S/C28H28ClN5O2/c1-17(18-6-4-7-21(12-18)34-11-5-8-25(34)35)33-26-22-13-19(9-10-24(22)30-16-23(26)29)20-14-31-27(32-15-20)28(2,3)36/h4,6-7,9-10,12-17,36H,5,8,11H2,1-3H3,(H,30,33)/t17-/m1/s1. The Balaban J connectivity index is 1.47. The Morgan fingerprint density at radius 1 is 1.06 bits per heavy atom. The van der Waals surface area contributed by atoms with Crippen LogP contribution in [0.25, 0.3) is 22.0 Å². The van der Waals surface area contributed by atoms with E-state index < -0.39 is 5.60 Å². The van der Waals surface area contributed by atoms with Gasteiger partial charge in [0.05, 0.1) is 16.2 Å². The van der Waals surface area contributed by atoms with Crippen molar-refractivity contribution in [2.75, 3.05) is 16.8 Å². The Morgan fingerprint density at radius 3 is 2.53 bits per heavy atom. The number of aliphatic hydroxyl groups is 1. The van der Waals surface area contributed by atoms with Gasteiger partial charge in [-0.1, -0.05) is 29.8 Å². The molecule has 1 aliphatic rings. The molecule has 1 amide bonds. The van der Waals surface area contributed by atoms with E-state index in [0.717, 1.165) is 51.9 Å². The fourth-order valence-electron chi connectivity index (χ4n) is 4.47. The van der Waals surface area contributed by atoms with E-state index in [1.807, 2.05) is 41.3 Å². The molecule has 1 saturated heterocycles. The summed E-state index contributed by atoms with van der Waals surface area (Å²) in [5.74, 6) is 0.536. The van der Waals surface area contributed by atoms with Crippen LogP contribution in [0.2, 0.25) is 5.02 Å². The fourth-order valence-corrected chi connectivity index (χ4v) is 4.68. The number of benzene rings is 2. The summed E-state index contributed by atoms with van der Waals surface area (Å²) in [5.41, 5.74) is 4.21. The highest BCUT2D eigenvalue weighted by Gasteiger charge is 2.23. The van der Waals surface area contributed by atoms with Gasteiger partial charge in [0.1, 0.15) is 5.60 Å². The van der Waals surface area contributed by atoms with Gasteiger partial charge >= 0.3 is 0 Å². The molecule has 1 atom stereocenters. The van der Waals surface area contributed by atoms with Crippen LogP contribution in [-0.2, 0) is 10.4 Å². The molecular weight excluding hydrogens is 474 g/mol. The normalized spacial score (nSPS) is 14.9. The first-order chi connectivity index (χ1) is 17.2. The van der Waals surface area contributed by atoms with Gasteiger partial charge < -0.3 is 15.3 Å². The second-order valence-corrected chi connectivity index (χ2v) is 10.1. The number of anilines is 2. The molecule has 0 saturated carbocycles. The molecule has 2 aromatic heterocycles. The molecular formula is C28H28ClN5O2. The Kier molecular flexibility index (Phi) is 6.36. The number of pyridine rings is 1. The van der Waals surface area contributed by atoms with Gasteiger partial charge in [0.15, 0.2) is 5.82 Å². The average molecular weight is 502 g/mol. The van der Waals surface area contributed by atoms with Gasteiger partial charge in [-0.05, 0) is 62.6 Å². The molecule has 5 rings (SSSR count). The summed E-state index contributed by atoms with van der Waals surface area (Å²) in [4.78, 5) is 27.2. The summed E-state index contributed by atoms with van der Waals surface area (Å²) in [5, 5.41) is 15.1. The van der Waals surface area contributed by atoms with E-state index in [-0.39, 0.29) is 11.9 Å². The number of hydrogen-bond acceptors (Lipinski definition) is 6. The first-order valence-corrected chi connectivity index (χ1v) is 12.4. The van der Waals surface area contributed by atoms with Gasteiger partial charge in [-0.2, -0.15) is 0 Å². The number of halogens is 1. The molecule has 0 unspecified atom stereocenters. The van der Waals surface area contributed by atoms with Crippen molar-refractivity contribution in [3.05, 3.63) is 77.5 Å². The number of fused-ring (bicyclic) bond motifs is 1. The topological polar surface area (TPSA) is 91.2 Å². The van der Waals surface area contributed by atoms with Crippen LogP contribution in [0.15, 0.2) is 61.1 Å². The molecule has 2 aromatic carbocycles. The molecule has 36 heavy (non-hydrogen) atoms. The first-order valence-electron chi connectivity index (χ1n) is 12.0. The molecule has 184 valence electrons. The second-order valence-electron chi connectivity index (χ2n) is 9.68. The predicted molar refractivity (Wildman–Crippen MR) is 143 cm³/mol. The maximum absolute atomic E-state index is 12.2. The van der Waals surface area contributed by atoms with Crippen LogP contribution < -0.4 is 10.2 Å². The van der Waals surface area contributed by atoms with Crippen molar-refractivity contribution < 1.29 is 9.90 Å². The van der Waals surface area contributed by atoms with Crippen LogP contribution in [0.5, 0.6) is 0 Å². The lowest BCUT2D eigenvalue weighted by atomic mass is 10.0. The fraction of sp³-hybridized carbons (Fsp3) is 0.286. The summed E-state index contributed by atoms with van der Waals surface area (Å²) in [6, 6.07) is 13.9. The van der Waals surface area contributed by atoms with Crippen molar-refractivity contribution >= 4 is 39.8 Å². The summed E-state index contributed by atoms with van der Waals surface area (Å²) in [6.07, 6.45) is 6.56. The van der Waals surface area contributed by atoms with Crippen molar-refractivity contribution in [3.8, 4) is 11.1 Å². The van der Waals surface area contributed by atoms with Gasteiger partial charge in [-0.3, -0.25) is 9.78 Å². The minimum absolute atomic E-state index is 0.0659. The molecule has 2 N–H and O–H groups in total. The number of amides is 1. The lowest BCUT2D eigenvalue weighted by Crippen LogP contribution is -2.23. The van der Waals surface area contributed by atoms with Crippen LogP contribution in [0.1, 0.15) is 51.0 Å². The van der Waals surface area contributed by atoms with Gasteiger partial charge in [0, 0.05) is 54.2 Å². The van der Waals surface area contributed by atoms with E-state index in [0.29, 0.717) is 17.3 Å². The molecule has 8 heteroatoms. The van der Waals surface area contributed by atoms with E-state index >= 15 is 0 Å². The third-order valence-corrected chi connectivity index (χ3v) is 6.76. The number of nitrogens with one attached hydrogen (secondary N) is 1. The molecule has 4 aromatic rings. The van der Waals surface area contributed by atoms with Gasteiger partial charge in [0.25, 0.3) is 0 Å². The number of rotatable bonds is 6. The summed E-state index contributed by atoms with van der Waals surface area (Å²) in [7, 11) is 0. The molecule has 0 bridgehead atoms. The van der Waals surface area contributed by atoms with E-state index in [4.69, 9.17) is 11.6 Å². The van der Waals surface area contributed by atoms with Gasteiger partial charge in [-0.15, -0.1) is 0 Å². The minimum Gasteiger partial charge on any atom is -0.382 e. The zero-order valence-electron chi connectivity index (χ0n) is 20.5. The number of hydrogen-bond donors (Lipinski definition) is 2. The van der Waals surface area contributed by atoms with Crippen molar-refractivity contribution in [2.24, 2.45) is 0 Å². The molecule has 1 fully saturated rings. The molecule has 0 radical (unpaired) electrons. The number of carbonyl (C=O) groups is 1. The maximum Gasteiger partial charge on any atom is 0.227 e. The highest BCUT2D eigenvalue weighted by molar-refractivity contribution is 6.34. The molecule has 0 spiro atoms. The SMILES string of the molecule is C[C@@H](Nc1c(Cl)cnc2ccc(-c3cnc(C(C)(C)O)nc3)cc12)c1cccc(N2CCCC2=O)c1. The van der Waals surface area contributed by atoms with Crippen molar-refractivity contribution in [1.82, 2.24) is 15.0 Å². The highest BCUT2D eigenvalue weighted by Crippen LogP contribution is 2.35. The van der Waals surface area contributed by atoms with E-state index in [2.05, 4.69) is 33.3 Å². The Bertz CT molecular complexity index is 1430. The zero-order valence-corrected chi connectivity index (χ0v) is 21.3. The number of carbonyl (C=O) groups excluding carboxylic acids is 1. The van der Waals surface area contributed by atoms with Crippen LogP contribution in [0.3, 0.4) is 0 Å². The third kappa shape index (κ3) is 4.76. The maximum atomic E-state index is 12.2. The zero-order chi connectivity index (χ0) is 25.4. The van der Waals surface area contributed by atoms with Gasteiger partial charge in [0.2, 0.25) is 5.91 Å².